The highest BCUT2D eigenvalue weighted by Crippen LogP contribution is 2.23. The molecule has 0 spiro atoms. The molecule has 0 saturated carbocycles. The van der Waals surface area contributed by atoms with E-state index in [1.807, 2.05) is 30.3 Å². The topological polar surface area (TPSA) is 35.0 Å². The van der Waals surface area contributed by atoms with E-state index in [0.29, 0.717) is 17.9 Å². The Kier molecular flexibility index (Phi) is 3.54. The molecule has 0 aliphatic carbocycles. The van der Waals surface area contributed by atoms with Gasteiger partial charge in [0.15, 0.2) is 0 Å². The minimum atomic E-state index is -0.363. The molecule has 3 rings (SSSR count). The second-order valence-electron chi connectivity index (χ2n) is 4.40. The summed E-state index contributed by atoms with van der Waals surface area (Å²) in [5, 5.41) is 0.598. The molecule has 20 heavy (non-hydrogen) atoms. The van der Waals surface area contributed by atoms with Crippen molar-refractivity contribution in [2.75, 3.05) is 6.61 Å². The van der Waals surface area contributed by atoms with Gasteiger partial charge >= 0.3 is 0 Å². The molecule has 0 atom stereocenters. The van der Waals surface area contributed by atoms with Crippen molar-refractivity contribution in [2.24, 2.45) is 0 Å². The lowest BCUT2D eigenvalue weighted by atomic mass is 10.2. The maximum atomic E-state index is 13.6. The molecule has 4 heteroatoms. The van der Waals surface area contributed by atoms with Crippen LogP contribution in [0.3, 0.4) is 0 Å². The van der Waals surface area contributed by atoms with Gasteiger partial charge in [-0.25, -0.2) is 14.4 Å². The largest absolute Gasteiger partial charge is 0.477 e. The van der Waals surface area contributed by atoms with E-state index in [1.165, 1.54) is 18.0 Å². The number of aromatic nitrogens is 2. The number of rotatable bonds is 4. The summed E-state index contributed by atoms with van der Waals surface area (Å²) in [6, 6.07) is 14.8. The number of hydrogen-bond donors (Lipinski definition) is 0. The molecule has 0 aliphatic rings. The Morgan fingerprint density at radius 2 is 1.80 bits per heavy atom. The molecule has 0 unspecified atom stereocenters. The van der Waals surface area contributed by atoms with Crippen molar-refractivity contribution >= 4 is 10.9 Å². The van der Waals surface area contributed by atoms with E-state index in [-0.39, 0.29) is 11.3 Å². The van der Waals surface area contributed by atoms with Gasteiger partial charge in [0.1, 0.15) is 17.7 Å². The standard InChI is InChI=1S/C16H13FN2O/c17-14-8-4-7-13-15(14)18-11-19-16(13)20-10-9-12-5-2-1-3-6-12/h1-8,11H,9-10H2. The summed E-state index contributed by atoms with van der Waals surface area (Å²) in [5.41, 5.74) is 1.48. The first-order valence-corrected chi connectivity index (χ1v) is 6.40. The van der Waals surface area contributed by atoms with Gasteiger partial charge in [-0.1, -0.05) is 36.4 Å². The second kappa shape index (κ2) is 5.65. The molecule has 2 aromatic carbocycles. The number of nitrogens with zero attached hydrogens (tertiary/aromatic N) is 2. The van der Waals surface area contributed by atoms with Gasteiger partial charge in [-0.3, -0.25) is 0 Å². The highest BCUT2D eigenvalue weighted by molar-refractivity contribution is 5.83. The van der Waals surface area contributed by atoms with Crippen LogP contribution in [0.15, 0.2) is 54.9 Å². The fourth-order valence-electron chi connectivity index (χ4n) is 2.05. The quantitative estimate of drug-likeness (QED) is 0.727. The molecule has 0 N–H and O–H groups in total. The molecule has 3 nitrogen and oxygen atoms in total. The van der Waals surface area contributed by atoms with Gasteiger partial charge < -0.3 is 4.74 Å². The maximum absolute atomic E-state index is 13.6. The van der Waals surface area contributed by atoms with Gasteiger partial charge in [-0.15, -0.1) is 0 Å². The zero-order valence-electron chi connectivity index (χ0n) is 10.8. The van der Waals surface area contributed by atoms with E-state index in [9.17, 15) is 4.39 Å². The number of para-hydroxylation sites is 1. The minimum absolute atomic E-state index is 0.289. The van der Waals surface area contributed by atoms with Crippen LogP contribution in [0.4, 0.5) is 4.39 Å². The van der Waals surface area contributed by atoms with Gasteiger partial charge in [-0.2, -0.15) is 0 Å². The van der Waals surface area contributed by atoms with Crippen molar-refractivity contribution in [3.8, 4) is 5.88 Å². The SMILES string of the molecule is Fc1cccc2c(OCCc3ccccc3)ncnc12. The molecule has 0 bridgehead atoms. The van der Waals surface area contributed by atoms with E-state index in [1.54, 1.807) is 12.1 Å². The Morgan fingerprint density at radius 1 is 0.950 bits per heavy atom. The van der Waals surface area contributed by atoms with Crippen molar-refractivity contribution < 1.29 is 9.13 Å². The van der Waals surface area contributed by atoms with Crippen molar-refractivity contribution in [2.45, 2.75) is 6.42 Å². The predicted molar refractivity (Wildman–Crippen MR) is 75.1 cm³/mol. The summed E-state index contributed by atoms with van der Waals surface area (Å²) in [5.74, 6) is 0.0586. The zero-order valence-corrected chi connectivity index (χ0v) is 10.8. The van der Waals surface area contributed by atoms with Crippen LogP contribution in [-0.2, 0) is 6.42 Å². The van der Waals surface area contributed by atoms with Crippen LogP contribution in [0.5, 0.6) is 5.88 Å². The fourth-order valence-corrected chi connectivity index (χ4v) is 2.05. The van der Waals surface area contributed by atoms with Gasteiger partial charge in [0.25, 0.3) is 0 Å². The molecule has 0 amide bonds. The predicted octanol–water partition coefficient (Wildman–Crippen LogP) is 3.39. The van der Waals surface area contributed by atoms with Crippen molar-refractivity contribution in [1.82, 2.24) is 9.97 Å². The van der Waals surface area contributed by atoms with Crippen LogP contribution in [0.25, 0.3) is 10.9 Å². The van der Waals surface area contributed by atoms with Crippen LogP contribution in [0.2, 0.25) is 0 Å². The second-order valence-corrected chi connectivity index (χ2v) is 4.40. The van der Waals surface area contributed by atoms with E-state index < -0.39 is 0 Å². The smallest absolute Gasteiger partial charge is 0.224 e. The normalized spacial score (nSPS) is 10.7. The molecular weight excluding hydrogens is 255 g/mol. The first-order valence-electron chi connectivity index (χ1n) is 6.40. The Morgan fingerprint density at radius 3 is 2.65 bits per heavy atom. The minimum Gasteiger partial charge on any atom is -0.477 e. The Hall–Kier alpha value is -2.49. The molecule has 100 valence electrons. The van der Waals surface area contributed by atoms with Crippen LogP contribution in [-0.4, -0.2) is 16.6 Å². The summed E-state index contributed by atoms with van der Waals surface area (Å²) in [7, 11) is 0. The van der Waals surface area contributed by atoms with E-state index >= 15 is 0 Å². The Bertz CT molecular complexity index is 716. The first kappa shape index (κ1) is 12.5. The summed E-state index contributed by atoms with van der Waals surface area (Å²) in [6.07, 6.45) is 2.10. The zero-order chi connectivity index (χ0) is 13.8. The summed E-state index contributed by atoms with van der Waals surface area (Å²) >= 11 is 0. The number of ether oxygens (including phenoxy) is 1. The summed E-state index contributed by atoms with van der Waals surface area (Å²) in [6.45, 7) is 0.493. The molecule has 1 aromatic heterocycles. The lowest BCUT2D eigenvalue weighted by Gasteiger charge is -2.08. The highest BCUT2D eigenvalue weighted by Gasteiger charge is 2.08. The number of benzene rings is 2. The van der Waals surface area contributed by atoms with Crippen LogP contribution < -0.4 is 4.74 Å². The third-order valence-electron chi connectivity index (χ3n) is 3.05. The van der Waals surface area contributed by atoms with Gasteiger partial charge in [0.05, 0.1) is 12.0 Å². The molecule has 0 aliphatic heterocycles. The molecule has 0 fully saturated rings. The fraction of sp³-hybridized carbons (Fsp3) is 0.125. The Balaban J connectivity index is 1.76. The van der Waals surface area contributed by atoms with Crippen molar-refractivity contribution in [3.05, 3.63) is 66.2 Å². The number of fused-ring (bicyclic) bond motifs is 1. The van der Waals surface area contributed by atoms with Gasteiger partial charge in [0.2, 0.25) is 5.88 Å². The number of hydrogen-bond acceptors (Lipinski definition) is 3. The summed E-state index contributed by atoms with van der Waals surface area (Å²) in [4.78, 5) is 8.02. The molecule has 0 radical (unpaired) electrons. The number of halogens is 1. The first-order chi connectivity index (χ1) is 9.84. The lowest BCUT2D eigenvalue weighted by Crippen LogP contribution is -2.03. The van der Waals surface area contributed by atoms with Crippen molar-refractivity contribution in [1.29, 1.82) is 0 Å². The maximum Gasteiger partial charge on any atom is 0.224 e. The van der Waals surface area contributed by atoms with Crippen LogP contribution in [0.1, 0.15) is 5.56 Å². The lowest BCUT2D eigenvalue weighted by molar-refractivity contribution is 0.313. The van der Waals surface area contributed by atoms with Crippen LogP contribution >= 0.6 is 0 Å². The monoisotopic (exact) mass is 268 g/mol. The third-order valence-corrected chi connectivity index (χ3v) is 3.05. The third kappa shape index (κ3) is 2.59. The molecule has 1 heterocycles. The van der Waals surface area contributed by atoms with Crippen LogP contribution in [0, 0.1) is 5.82 Å². The summed E-state index contributed by atoms with van der Waals surface area (Å²) < 4.78 is 19.3. The van der Waals surface area contributed by atoms with Crippen molar-refractivity contribution in [3.63, 3.8) is 0 Å². The van der Waals surface area contributed by atoms with E-state index in [2.05, 4.69) is 9.97 Å². The average molecular weight is 268 g/mol. The van der Waals surface area contributed by atoms with E-state index in [0.717, 1.165) is 6.42 Å². The molecule has 0 saturated heterocycles. The molecular formula is C16H13FN2O. The van der Waals surface area contributed by atoms with Gasteiger partial charge in [-0.05, 0) is 17.7 Å². The van der Waals surface area contributed by atoms with Gasteiger partial charge in [0, 0.05) is 6.42 Å². The average Bonchev–Trinajstić information content (AvgIpc) is 2.49. The highest BCUT2D eigenvalue weighted by atomic mass is 19.1. The molecule has 3 aromatic rings. The van der Waals surface area contributed by atoms with E-state index in [4.69, 9.17) is 4.74 Å². The Labute approximate surface area is 116 Å².